The van der Waals surface area contributed by atoms with E-state index in [9.17, 15) is 0 Å². The van der Waals surface area contributed by atoms with Crippen molar-refractivity contribution in [3.8, 4) is 0 Å². The Bertz CT molecular complexity index is 445. The van der Waals surface area contributed by atoms with Gasteiger partial charge in [0, 0.05) is 35.8 Å². The van der Waals surface area contributed by atoms with E-state index in [0.29, 0.717) is 6.54 Å². The van der Waals surface area contributed by atoms with Gasteiger partial charge in [-0.3, -0.25) is 9.97 Å². The first-order valence-corrected chi connectivity index (χ1v) is 6.04. The molecular weight excluding hydrogens is 218 g/mol. The molecular formula is C12H13N3S. The molecule has 0 aromatic carbocycles. The molecule has 2 heterocycles. The molecule has 0 aliphatic carbocycles. The van der Waals surface area contributed by atoms with Crippen LogP contribution in [0.3, 0.4) is 0 Å². The fourth-order valence-corrected chi connectivity index (χ4v) is 2.28. The molecule has 0 saturated heterocycles. The maximum absolute atomic E-state index is 5.64. The van der Waals surface area contributed by atoms with Crippen molar-refractivity contribution < 1.29 is 0 Å². The molecule has 2 N–H and O–H groups in total. The summed E-state index contributed by atoms with van der Waals surface area (Å²) in [4.78, 5) is 9.46. The van der Waals surface area contributed by atoms with Gasteiger partial charge in [0.2, 0.25) is 0 Å². The molecule has 0 radical (unpaired) electrons. The number of rotatable bonds is 4. The molecule has 4 heteroatoms. The number of hydrogen-bond acceptors (Lipinski definition) is 4. The first-order valence-electron chi connectivity index (χ1n) is 5.06. The van der Waals surface area contributed by atoms with E-state index in [4.69, 9.17) is 5.73 Å². The maximum atomic E-state index is 5.64. The van der Waals surface area contributed by atoms with E-state index in [2.05, 4.69) is 16.0 Å². The van der Waals surface area contributed by atoms with Crippen LogP contribution in [0.2, 0.25) is 0 Å². The van der Waals surface area contributed by atoms with Crippen LogP contribution in [0.15, 0.2) is 47.8 Å². The Morgan fingerprint density at radius 3 is 2.69 bits per heavy atom. The molecule has 82 valence electrons. The van der Waals surface area contributed by atoms with Crippen LogP contribution in [0, 0.1) is 0 Å². The molecule has 16 heavy (non-hydrogen) atoms. The Morgan fingerprint density at radius 2 is 1.94 bits per heavy atom. The number of hydrogen-bond donors (Lipinski definition) is 1. The lowest BCUT2D eigenvalue weighted by atomic mass is 10.2. The van der Waals surface area contributed by atoms with Crippen molar-refractivity contribution in [2.45, 2.75) is 17.2 Å². The first kappa shape index (κ1) is 11.1. The zero-order valence-electron chi connectivity index (χ0n) is 8.84. The van der Waals surface area contributed by atoms with Crippen LogP contribution in [-0.2, 0) is 12.3 Å². The van der Waals surface area contributed by atoms with E-state index in [0.717, 1.165) is 11.4 Å². The van der Waals surface area contributed by atoms with Crippen LogP contribution < -0.4 is 5.73 Å². The van der Waals surface area contributed by atoms with Crippen LogP contribution in [0.5, 0.6) is 0 Å². The molecule has 0 atom stereocenters. The van der Waals surface area contributed by atoms with Crippen LogP contribution in [-0.4, -0.2) is 9.97 Å². The third-order valence-corrected chi connectivity index (χ3v) is 3.28. The Labute approximate surface area is 99.1 Å². The highest BCUT2D eigenvalue weighted by Crippen LogP contribution is 2.22. The number of nitrogens with zero attached hydrogens (tertiary/aromatic N) is 2. The van der Waals surface area contributed by atoms with Gasteiger partial charge in [-0.1, -0.05) is 6.07 Å². The van der Waals surface area contributed by atoms with Crippen LogP contribution in [0.1, 0.15) is 11.3 Å². The molecule has 0 aliphatic rings. The Balaban J connectivity index is 2.05. The standard InChI is InChI=1S/C12H13N3S/c13-8-12-10(2-1-5-15-12)9-16-11-3-6-14-7-4-11/h1-7H,8-9,13H2. The van der Waals surface area contributed by atoms with Crippen molar-refractivity contribution in [1.82, 2.24) is 9.97 Å². The molecule has 0 aliphatic heterocycles. The zero-order valence-corrected chi connectivity index (χ0v) is 9.65. The second-order valence-electron chi connectivity index (χ2n) is 3.28. The molecule has 0 saturated carbocycles. The van der Waals surface area contributed by atoms with Gasteiger partial charge in [-0.15, -0.1) is 11.8 Å². The summed E-state index contributed by atoms with van der Waals surface area (Å²) >= 11 is 1.77. The monoisotopic (exact) mass is 231 g/mol. The van der Waals surface area contributed by atoms with Gasteiger partial charge in [0.1, 0.15) is 0 Å². The fraction of sp³-hybridized carbons (Fsp3) is 0.167. The smallest absolute Gasteiger partial charge is 0.0579 e. The van der Waals surface area contributed by atoms with E-state index < -0.39 is 0 Å². The van der Waals surface area contributed by atoms with Gasteiger partial charge >= 0.3 is 0 Å². The largest absolute Gasteiger partial charge is 0.325 e. The molecule has 2 aromatic rings. The summed E-state index contributed by atoms with van der Waals surface area (Å²) in [6, 6.07) is 8.03. The maximum Gasteiger partial charge on any atom is 0.0579 e. The molecule has 2 rings (SSSR count). The number of aromatic nitrogens is 2. The SMILES string of the molecule is NCc1ncccc1CSc1ccncc1. The molecule has 0 spiro atoms. The fourth-order valence-electron chi connectivity index (χ4n) is 1.38. The molecule has 0 unspecified atom stereocenters. The lowest BCUT2D eigenvalue weighted by Crippen LogP contribution is -2.03. The lowest BCUT2D eigenvalue weighted by Gasteiger charge is -2.05. The third-order valence-electron chi connectivity index (χ3n) is 2.22. The van der Waals surface area contributed by atoms with Gasteiger partial charge in [-0.25, -0.2) is 0 Å². The minimum Gasteiger partial charge on any atom is -0.325 e. The highest BCUT2D eigenvalue weighted by atomic mass is 32.2. The van der Waals surface area contributed by atoms with Gasteiger partial charge in [-0.2, -0.15) is 0 Å². The lowest BCUT2D eigenvalue weighted by molar-refractivity contribution is 0.964. The zero-order chi connectivity index (χ0) is 11.2. The number of thioether (sulfide) groups is 1. The summed E-state index contributed by atoms with van der Waals surface area (Å²) in [7, 11) is 0. The highest BCUT2D eigenvalue weighted by Gasteiger charge is 2.02. The van der Waals surface area contributed by atoms with E-state index in [1.54, 1.807) is 30.4 Å². The summed E-state index contributed by atoms with van der Waals surface area (Å²) in [5.41, 5.74) is 7.81. The van der Waals surface area contributed by atoms with Gasteiger partial charge in [0.05, 0.1) is 5.69 Å². The molecule has 0 fully saturated rings. The van der Waals surface area contributed by atoms with Gasteiger partial charge in [-0.05, 0) is 23.8 Å². The van der Waals surface area contributed by atoms with Crippen molar-refractivity contribution in [3.05, 3.63) is 54.1 Å². The molecule has 0 amide bonds. The van der Waals surface area contributed by atoms with E-state index >= 15 is 0 Å². The summed E-state index contributed by atoms with van der Waals surface area (Å²) in [6.07, 6.45) is 5.38. The quantitative estimate of drug-likeness (QED) is 0.820. The molecule has 3 nitrogen and oxygen atoms in total. The van der Waals surface area contributed by atoms with E-state index in [1.807, 2.05) is 18.2 Å². The Hall–Kier alpha value is -1.39. The average molecular weight is 231 g/mol. The predicted molar refractivity (Wildman–Crippen MR) is 65.9 cm³/mol. The molecule has 0 bridgehead atoms. The van der Waals surface area contributed by atoms with E-state index in [-0.39, 0.29) is 0 Å². The highest BCUT2D eigenvalue weighted by molar-refractivity contribution is 7.98. The second kappa shape index (κ2) is 5.63. The van der Waals surface area contributed by atoms with Crippen LogP contribution in [0.25, 0.3) is 0 Å². The predicted octanol–water partition coefficient (Wildman–Crippen LogP) is 2.23. The van der Waals surface area contributed by atoms with Crippen LogP contribution in [0.4, 0.5) is 0 Å². The van der Waals surface area contributed by atoms with Crippen molar-refractivity contribution in [2.24, 2.45) is 5.73 Å². The van der Waals surface area contributed by atoms with Crippen molar-refractivity contribution in [3.63, 3.8) is 0 Å². The molecule has 2 aromatic heterocycles. The normalized spacial score (nSPS) is 10.3. The topological polar surface area (TPSA) is 51.8 Å². The second-order valence-corrected chi connectivity index (χ2v) is 4.33. The first-order chi connectivity index (χ1) is 7.90. The van der Waals surface area contributed by atoms with Crippen molar-refractivity contribution >= 4 is 11.8 Å². The van der Waals surface area contributed by atoms with Crippen molar-refractivity contribution in [1.29, 1.82) is 0 Å². The van der Waals surface area contributed by atoms with E-state index in [1.165, 1.54) is 10.5 Å². The third kappa shape index (κ3) is 2.81. The minimum atomic E-state index is 0.493. The average Bonchev–Trinajstić information content (AvgIpc) is 2.38. The van der Waals surface area contributed by atoms with Crippen LogP contribution >= 0.6 is 11.8 Å². The van der Waals surface area contributed by atoms with Gasteiger partial charge < -0.3 is 5.73 Å². The number of pyridine rings is 2. The Kier molecular flexibility index (Phi) is 3.91. The van der Waals surface area contributed by atoms with Gasteiger partial charge in [0.15, 0.2) is 0 Å². The summed E-state index contributed by atoms with van der Waals surface area (Å²) in [5, 5.41) is 0. The summed E-state index contributed by atoms with van der Waals surface area (Å²) in [5.74, 6) is 0.893. The van der Waals surface area contributed by atoms with Crippen molar-refractivity contribution in [2.75, 3.05) is 0 Å². The van der Waals surface area contributed by atoms with Gasteiger partial charge in [0.25, 0.3) is 0 Å². The summed E-state index contributed by atoms with van der Waals surface area (Å²) in [6.45, 7) is 0.493. The summed E-state index contributed by atoms with van der Waals surface area (Å²) < 4.78 is 0. The minimum absolute atomic E-state index is 0.493. The number of nitrogens with two attached hydrogens (primary N) is 1. The Morgan fingerprint density at radius 1 is 1.12 bits per heavy atom.